The molecule has 0 aromatic carbocycles. The Balaban J connectivity index is 2.42. The molecule has 2 atom stereocenters. The molecule has 2 nitrogen and oxygen atoms in total. The van der Waals surface area contributed by atoms with Crippen LogP contribution in [0.1, 0.15) is 52.9 Å². The van der Waals surface area contributed by atoms with E-state index in [2.05, 4.69) is 26.0 Å². The Morgan fingerprint density at radius 2 is 2.06 bits per heavy atom. The summed E-state index contributed by atoms with van der Waals surface area (Å²) in [7, 11) is 0. The first-order chi connectivity index (χ1) is 8.69. The topological polar surface area (TPSA) is 26.3 Å². The third-order valence-corrected chi connectivity index (χ3v) is 3.67. The summed E-state index contributed by atoms with van der Waals surface area (Å²) in [6, 6.07) is 0. The quantitative estimate of drug-likeness (QED) is 0.400. The van der Waals surface area contributed by atoms with E-state index in [9.17, 15) is 4.79 Å². The smallest absolute Gasteiger partial charge is 0.333 e. The van der Waals surface area contributed by atoms with Crippen molar-refractivity contribution in [2.24, 2.45) is 11.8 Å². The Bertz CT molecular complexity index is 315. The third kappa shape index (κ3) is 4.67. The minimum Gasteiger partial charge on any atom is -0.462 e. The molecule has 102 valence electrons. The first kappa shape index (κ1) is 15.0. The molecule has 0 fully saturated rings. The zero-order chi connectivity index (χ0) is 13.4. The second-order valence-electron chi connectivity index (χ2n) is 5.15. The fourth-order valence-electron chi connectivity index (χ4n) is 2.20. The van der Waals surface area contributed by atoms with E-state index < -0.39 is 0 Å². The molecular formula is C16H26O2. The van der Waals surface area contributed by atoms with E-state index in [1.807, 2.05) is 13.0 Å². The number of allylic oxidation sites excluding steroid dienone is 3. The lowest BCUT2D eigenvalue weighted by Crippen LogP contribution is -2.22. The Morgan fingerprint density at radius 1 is 1.33 bits per heavy atom. The van der Waals surface area contributed by atoms with Gasteiger partial charge in [-0.1, -0.05) is 45.4 Å². The van der Waals surface area contributed by atoms with Crippen LogP contribution in [0.25, 0.3) is 0 Å². The van der Waals surface area contributed by atoms with Crippen LogP contribution in [0, 0.1) is 11.8 Å². The van der Waals surface area contributed by atoms with Crippen molar-refractivity contribution in [1.29, 1.82) is 0 Å². The Hall–Kier alpha value is -1.05. The lowest BCUT2D eigenvalue weighted by molar-refractivity contribution is -0.141. The largest absolute Gasteiger partial charge is 0.462 e. The number of hydrogen-bond acceptors (Lipinski definition) is 2. The van der Waals surface area contributed by atoms with E-state index in [-0.39, 0.29) is 5.97 Å². The maximum Gasteiger partial charge on any atom is 0.333 e. The van der Waals surface area contributed by atoms with Crippen LogP contribution in [-0.4, -0.2) is 12.6 Å². The number of carbonyl (C=O) groups excluding carboxylic acids is 1. The van der Waals surface area contributed by atoms with Crippen LogP contribution in [0.15, 0.2) is 23.8 Å². The third-order valence-electron chi connectivity index (χ3n) is 3.67. The van der Waals surface area contributed by atoms with Gasteiger partial charge in [-0.25, -0.2) is 4.79 Å². The highest BCUT2D eigenvalue weighted by Gasteiger charge is 2.20. The van der Waals surface area contributed by atoms with E-state index >= 15 is 0 Å². The summed E-state index contributed by atoms with van der Waals surface area (Å²) in [5, 5.41) is 0. The SMILES string of the molecule is CCC/C=C(\CC)C(=O)OC[C@H]1CC=CC[C@@H]1C. The summed E-state index contributed by atoms with van der Waals surface area (Å²) in [5.74, 6) is 0.989. The maximum absolute atomic E-state index is 11.9. The average Bonchev–Trinajstić information content (AvgIpc) is 2.38. The van der Waals surface area contributed by atoms with Gasteiger partial charge in [0.2, 0.25) is 0 Å². The summed E-state index contributed by atoms with van der Waals surface area (Å²) in [6.07, 6.45) is 11.4. The molecule has 0 bridgehead atoms. The van der Waals surface area contributed by atoms with Crippen molar-refractivity contribution in [2.45, 2.75) is 52.9 Å². The number of carbonyl (C=O) groups is 1. The van der Waals surface area contributed by atoms with Crippen molar-refractivity contribution < 1.29 is 9.53 Å². The second kappa shape index (κ2) is 8.12. The predicted octanol–water partition coefficient (Wildman–Crippen LogP) is 4.27. The number of unbranched alkanes of at least 4 members (excludes halogenated alkanes) is 1. The summed E-state index contributed by atoms with van der Waals surface area (Å²) >= 11 is 0. The van der Waals surface area contributed by atoms with Crippen LogP contribution < -0.4 is 0 Å². The Morgan fingerprint density at radius 3 is 2.67 bits per heavy atom. The van der Waals surface area contributed by atoms with Crippen LogP contribution in [0.2, 0.25) is 0 Å². The number of ether oxygens (including phenoxy) is 1. The molecule has 0 saturated heterocycles. The monoisotopic (exact) mass is 250 g/mol. The molecule has 0 heterocycles. The molecule has 1 aliphatic rings. The lowest BCUT2D eigenvalue weighted by Gasteiger charge is -2.24. The van der Waals surface area contributed by atoms with Crippen LogP contribution in [0.5, 0.6) is 0 Å². The predicted molar refractivity (Wildman–Crippen MR) is 75.3 cm³/mol. The van der Waals surface area contributed by atoms with Gasteiger partial charge in [-0.2, -0.15) is 0 Å². The van der Waals surface area contributed by atoms with Gasteiger partial charge >= 0.3 is 5.97 Å². The van der Waals surface area contributed by atoms with E-state index in [1.54, 1.807) is 0 Å². The normalized spacial score (nSPS) is 24.1. The Labute approximate surface area is 111 Å². The van der Waals surface area contributed by atoms with Crippen molar-refractivity contribution >= 4 is 5.97 Å². The molecule has 0 aliphatic heterocycles. The molecule has 0 N–H and O–H groups in total. The molecule has 0 aromatic heterocycles. The first-order valence-corrected chi connectivity index (χ1v) is 7.20. The van der Waals surface area contributed by atoms with Gasteiger partial charge in [0.05, 0.1) is 6.61 Å². The number of hydrogen-bond donors (Lipinski definition) is 0. The van der Waals surface area contributed by atoms with E-state index in [0.29, 0.717) is 18.4 Å². The lowest BCUT2D eigenvalue weighted by atomic mass is 9.85. The molecule has 0 spiro atoms. The van der Waals surface area contributed by atoms with Gasteiger partial charge < -0.3 is 4.74 Å². The van der Waals surface area contributed by atoms with Crippen LogP contribution in [0.3, 0.4) is 0 Å². The van der Waals surface area contributed by atoms with Crippen LogP contribution in [-0.2, 0) is 9.53 Å². The van der Waals surface area contributed by atoms with Gasteiger partial charge in [-0.15, -0.1) is 0 Å². The molecule has 0 aromatic rings. The first-order valence-electron chi connectivity index (χ1n) is 7.20. The second-order valence-corrected chi connectivity index (χ2v) is 5.15. The van der Waals surface area contributed by atoms with Crippen LogP contribution >= 0.6 is 0 Å². The van der Waals surface area contributed by atoms with Crippen molar-refractivity contribution in [3.63, 3.8) is 0 Å². The molecule has 18 heavy (non-hydrogen) atoms. The van der Waals surface area contributed by atoms with Gasteiger partial charge in [0, 0.05) is 5.57 Å². The standard InChI is InChI=1S/C16H26O2/c1-4-6-10-14(5-2)16(17)18-12-15-11-8-7-9-13(15)3/h7-8,10,13,15H,4-6,9,11-12H2,1-3H3/b14-10+/t13-,15+/m0/s1. The molecule has 2 heteroatoms. The molecule has 1 aliphatic carbocycles. The molecule has 1 rings (SSSR count). The summed E-state index contributed by atoms with van der Waals surface area (Å²) < 4.78 is 5.46. The van der Waals surface area contributed by atoms with E-state index in [0.717, 1.165) is 37.7 Å². The fourth-order valence-corrected chi connectivity index (χ4v) is 2.20. The van der Waals surface area contributed by atoms with Gasteiger partial charge in [-0.3, -0.25) is 0 Å². The van der Waals surface area contributed by atoms with Gasteiger partial charge in [0.25, 0.3) is 0 Å². The fraction of sp³-hybridized carbons (Fsp3) is 0.688. The zero-order valence-electron chi connectivity index (χ0n) is 11.9. The van der Waals surface area contributed by atoms with Gasteiger partial charge in [-0.05, 0) is 37.5 Å². The number of esters is 1. The van der Waals surface area contributed by atoms with Crippen LogP contribution in [0.4, 0.5) is 0 Å². The highest BCUT2D eigenvalue weighted by molar-refractivity contribution is 5.88. The van der Waals surface area contributed by atoms with E-state index in [4.69, 9.17) is 4.74 Å². The summed E-state index contributed by atoms with van der Waals surface area (Å²) in [5.41, 5.74) is 0.829. The maximum atomic E-state index is 11.9. The minimum absolute atomic E-state index is 0.118. The molecule has 0 saturated carbocycles. The van der Waals surface area contributed by atoms with Gasteiger partial charge in [0.1, 0.15) is 0 Å². The van der Waals surface area contributed by atoms with Crippen molar-refractivity contribution in [3.05, 3.63) is 23.8 Å². The highest BCUT2D eigenvalue weighted by atomic mass is 16.5. The highest BCUT2D eigenvalue weighted by Crippen LogP contribution is 2.25. The molecule has 0 unspecified atom stereocenters. The minimum atomic E-state index is -0.118. The summed E-state index contributed by atoms with van der Waals surface area (Å²) in [6.45, 7) is 6.92. The zero-order valence-corrected chi connectivity index (χ0v) is 11.9. The van der Waals surface area contributed by atoms with Crippen molar-refractivity contribution in [2.75, 3.05) is 6.61 Å². The molecule has 0 amide bonds. The van der Waals surface area contributed by atoms with Gasteiger partial charge in [0.15, 0.2) is 0 Å². The average molecular weight is 250 g/mol. The molecule has 0 radical (unpaired) electrons. The van der Waals surface area contributed by atoms with E-state index in [1.165, 1.54) is 0 Å². The Kier molecular flexibility index (Phi) is 6.77. The molecular weight excluding hydrogens is 224 g/mol. The number of rotatable bonds is 6. The van der Waals surface area contributed by atoms with Crippen molar-refractivity contribution in [3.8, 4) is 0 Å². The summed E-state index contributed by atoms with van der Waals surface area (Å²) in [4.78, 5) is 11.9. The van der Waals surface area contributed by atoms with Crippen molar-refractivity contribution in [1.82, 2.24) is 0 Å².